The number of nitrogens with two attached hydrogens (primary N) is 1. The molecule has 1 aromatic carbocycles. The fourth-order valence-corrected chi connectivity index (χ4v) is 2.67. The van der Waals surface area contributed by atoms with E-state index in [0.717, 1.165) is 0 Å². The molecule has 2 aromatic rings. The van der Waals surface area contributed by atoms with Gasteiger partial charge in [0, 0.05) is 22.3 Å². The molecule has 1 heterocycles. The molecule has 0 aliphatic carbocycles. The second kappa shape index (κ2) is 6.46. The topological polar surface area (TPSA) is 48.0 Å². The van der Waals surface area contributed by atoms with Crippen molar-refractivity contribution < 1.29 is 4.39 Å². The van der Waals surface area contributed by atoms with Crippen molar-refractivity contribution in [3.63, 3.8) is 0 Å². The normalized spacial score (nSPS) is 13.3. The number of pyridine rings is 1. The molecule has 2 N–H and O–H groups in total. The SMILES string of the molecule is C/C=C(/Cl)c1c(C)c(F)c([C@H](C)N)n(-c2ccccc2)c1=O. The van der Waals surface area contributed by atoms with Gasteiger partial charge >= 0.3 is 0 Å². The van der Waals surface area contributed by atoms with Crippen LogP contribution in [0.2, 0.25) is 0 Å². The van der Waals surface area contributed by atoms with Crippen LogP contribution in [-0.4, -0.2) is 4.57 Å². The number of hydrogen-bond donors (Lipinski definition) is 1. The fourth-order valence-electron chi connectivity index (χ4n) is 2.44. The molecule has 0 radical (unpaired) electrons. The van der Waals surface area contributed by atoms with Gasteiger partial charge in [-0.05, 0) is 32.9 Å². The van der Waals surface area contributed by atoms with E-state index in [0.29, 0.717) is 5.69 Å². The quantitative estimate of drug-likeness (QED) is 0.932. The first-order valence-electron chi connectivity index (χ1n) is 6.98. The second-order valence-electron chi connectivity index (χ2n) is 5.10. The van der Waals surface area contributed by atoms with Crippen molar-refractivity contribution in [1.29, 1.82) is 0 Å². The Kier molecular flexibility index (Phi) is 4.84. The fraction of sp³-hybridized carbons (Fsp3) is 0.235. The minimum absolute atomic E-state index is 0.151. The van der Waals surface area contributed by atoms with Gasteiger partial charge in [0.25, 0.3) is 5.56 Å². The lowest BCUT2D eigenvalue weighted by atomic mass is 10.0. The Morgan fingerprint density at radius 1 is 1.36 bits per heavy atom. The maximum absolute atomic E-state index is 14.8. The molecule has 0 saturated carbocycles. The zero-order valence-corrected chi connectivity index (χ0v) is 13.5. The first-order chi connectivity index (χ1) is 10.4. The molecule has 0 fully saturated rings. The molecule has 0 bridgehead atoms. The van der Waals surface area contributed by atoms with Crippen LogP contribution in [0, 0.1) is 12.7 Å². The molecule has 22 heavy (non-hydrogen) atoms. The van der Waals surface area contributed by atoms with E-state index in [9.17, 15) is 9.18 Å². The van der Waals surface area contributed by atoms with Gasteiger partial charge in [0.1, 0.15) is 5.82 Å². The van der Waals surface area contributed by atoms with E-state index in [1.165, 1.54) is 4.57 Å². The average Bonchev–Trinajstić information content (AvgIpc) is 2.50. The van der Waals surface area contributed by atoms with E-state index in [2.05, 4.69) is 0 Å². The number of para-hydroxylation sites is 1. The Morgan fingerprint density at radius 2 is 1.95 bits per heavy atom. The Morgan fingerprint density at radius 3 is 2.45 bits per heavy atom. The van der Waals surface area contributed by atoms with Gasteiger partial charge in [0.05, 0.1) is 11.3 Å². The highest BCUT2D eigenvalue weighted by Crippen LogP contribution is 2.26. The van der Waals surface area contributed by atoms with Gasteiger partial charge in [-0.25, -0.2) is 4.39 Å². The lowest BCUT2D eigenvalue weighted by Gasteiger charge is -2.20. The minimum atomic E-state index is -0.634. The molecule has 3 nitrogen and oxygen atoms in total. The summed E-state index contributed by atoms with van der Waals surface area (Å²) in [5.41, 5.74) is 6.61. The van der Waals surface area contributed by atoms with E-state index in [4.69, 9.17) is 17.3 Å². The van der Waals surface area contributed by atoms with Gasteiger partial charge in [0.2, 0.25) is 0 Å². The second-order valence-corrected chi connectivity index (χ2v) is 5.51. The summed E-state index contributed by atoms with van der Waals surface area (Å²) >= 11 is 6.11. The van der Waals surface area contributed by atoms with E-state index in [1.807, 2.05) is 6.07 Å². The summed E-state index contributed by atoms with van der Waals surface area (Å²) in [5.74, 6) is -0.506. The highest BCUT2D eigenvalue weighted by atomic mass is 35.5. The van der Waals surface area contributed by atoms with E-state index >= 15 is 0 Å². The van der Waals surface area contributed by atoms with Crippen LogP contribution < -0.4 is 11.3 Å². The zero-order valence-electron chi connectivity index (χ0n) is 12.7. The number of nitrogens with zero attached hydrogens (tertiary/aromatic N) is 1. The van der Waals surface area contributed by atoms with Crippen molar-refractivity contribution in [3.8, 4) is 5.69 Å². The maximum atomic E-state index is 14.8. The largest absolute Gasteiger partial charge is 0.323 e. The predicted molar refractivity (Wildman–Crippen MR) is 88.8 cm³/mol. The van der Waals surface area contributed by atoms with Gasteiger partial charge in [0.15, 0.2) is 0 Å². The van der Waals surface area contributed by atoms with Crippen LogP contribution in [0.4, 0.5) is 4.39 Å². The molecular weight excluding hydrogens is 303 g/mol. The molecule has 1 atom stereocenters. The highest BCUT2D eigenvalue weighted by molar-refractivity contribution is 6.48. The van der Waals surface area contributed by atoms with E-state index in [-0.39, 0.29) is 27.4 Å². The van der Waals surface area contributed by atoms with E-state index in [1.54, 1.807) is 51.1 Å². The first kappa shape index (κ1) is 16.5. The molecule has 0 unspecified atom stereocenters. The summed E-state index contributed by atoms with van der Waals surface area (Å²) in [7, 11) is 0. The summed E-state index contributed by atoms with van der Waals surface area (Å²) < 4.78 is 16.1. The number of benzene rings is 1. The Bertz CT molecular complexity index is 779. The summed E-state index contributed by atoms with van der Waals surface area (Å²) in [5, 5.41) is 0.224. The third-order valence-corrected chi connectivity index (χ3v) is 3.93. The number of rotatable bonds is 3. The average molecular weight is 321 g/mol. The summed E-state index contributed by atoms with van der Waals surface area (Å²) in [6.07, 6.45) is 1.58. The Hall–Kier alpha value is -1.91. The van der Waals surface area contributed by atoms with Crippen molar-refractivity contribution in [1.82, 2.24) is 4.57 Å². The monoisotopic (exact) mass is 320 g/mol. The molecule has 1 aromatic heterocycles. The van der Waals surface area contributed by atoms with Gasteiger partial charge in [-0.3, -0.25) is 9.36 Å². The maximum Gasteiger partial charge on any atom is 0.264 e. The summed E-state index contributed by atoms with van der Waals surface area (Å²) in [6.45, 7) is 4.89. The van der Waals surface area contributed by atoms with Crippen molar-refractivity contribution in [2.75, 3.05) is 0 Å². The van der Waals surface area contributed by atoms with Crippen molar-refractivity contribution in [2.45, 2.75) is 26.8 Å². The van der Waals surface area contributed by atoms with Gasteiger partial charge in [-0.15, -0.1) is 0 Å². The van der Waals surface area contributed by atoms with Gasteiger partial charge in [-0.2, -0.15) is 0 Å². The standard InChI is InChI=1S/C17H18ClFN2O/c1-4-13(18)14-10(2)15(19)16(11(3)20)21(17(14)22)12-8-6-5-7-9-12/h4-9,11H,20H2,1-3H3/b13-4+/t11-/m0/s1. The molecule has 116 valence electrons. The van der Waals surface area contributed by atoms with Crippen LogP contribution in [0.3, 0.4) is 0 Å². The molecule has 0 spiro atoms. The molecule has 2 rings (SSSR count). The van der Waals surface area contributed by atoms with E-state index < -0.39 is 11.9 Å². The van der Waals surface area contributed by atoms with Crippen molar-refractivity contribution in [2.24, 2.45) is 5.73 Å². The Labute approximate surface area is 133 Å². The number of aromatic nitrogens is 1. The summed E-state index contributed by atoms with van der Waals surface area (Å²) in [6, 6.07) is 8.21. The molecule has 0 saturated heterocycles. The molecule has 0 amide bonds. The summed E-state index contributed by atoms with van der Waals surface area (Å²) in [4.78, 5) is 12.9. The van der Waals surface area contributed by atoms with Gasteiger partial charge in [-0.1, -0.05) is 35.9 Å². The first-order valence-corrected chi connectivity index (χ1v) is 7.36. The van der Waals surface area contributed by atoms with Crippen LogP contribution in [-0.2, 0) is 0 Å². The third kappa shape index (κ3) is 2.72. The van der Waals surface area contributed by atoms with Crippen molar-refractivity contribution in [3.05, 3.63) is 69.4 Å². The van der Waals surface area contributed by atoms with Crippen LogP contribution in [0.5, 0.6) is 0 Å². The van der Waals surface area contributed by atoms with Crippen molar-refractivity contribution >= 4 is 16.6 Å². The zero-order chi connectivity index (χ0) is 16.4. The predicted octanol–water partition coefficient (Wildman–Crippen LogP) is 3.90. The van der Waals surface area contributed by atoms with Crippen LogP contribution in [0.15, 0.2) is 41.2 Å². The molecule has 5 heteroatoms. The number of allylic oxidation sites excluding steroid dienone is 1. The molecular formula is C17H18ClFN2O. The lowest BCUT2D eigenvalue weighted by Crippen LogP contribution is -2.30. The van der Waals surface area contributed by atoms with Crippen LogP contribution >= 0.6 is 11.6 Å². The third-order valence-electron chi connectivity index (χ3n) is 3.52. The number of halogens is 2. The van der Waals surface area contributed by atoms with Crippen LogP contribution in [0.25, 0.3) is 10.7 Å². The smallest absolute Gasteiger partial charge is 0.264 e. The van der Waals surface area contributed by atoms with Crippen LogP contribution in [0.1, 0.15) is 36.7 Å². The molecule has 0 aliphatic heterocycles. The Balaban J connectivity index is 2.98. The number of hydrogen-bond acceptors (Lipinski definition) is 2. The van der Waals surface area contributed by atoms with Gasteiger partial charge < -0.3 is 5.73 Å². The highest BCUT2D eigenvalue weighted by Gasteiger charge is 2.23. The minimum Gasteiger partial charge on any atom is -0.323 e. The molecule has 0 aliphatic rings. The lowest BCUT2D eigenvalue weighted by molar-refractivity contribution is 0.553.